The van der Waals surface area contributed by atoms with E-state index in [0.29, 0.717) is 17.1 Å². The van der Waals surface area contributed by atoms with Crippen molar-refractivity contribution in [3.63, 3.8) is 0 Å². The Bertz CT molecular complexity index is 706. The minimum absolute atomic E-state index is 0.356. The van der Waals surface area contributed by atoms with Gasteiger partial charge in [-0.3, -0.25) is 4.72 Å². The first-order valence-corrected chi connectivity index (χ1v) is 8.56. The van der Waals surface area contributed by atoms with Gasteiger partial charge in [-0.05, 0) is 44.7 Å². The fraction of sp³-hybridized carbons (Fsp3) is 0.286. The molecule has 0 fully saturated rings. The molecule has 0 spiro atoms. The van der Waals surface area contributed by atoms with E-state index in [1.165, 1.54) is 11.3 Å². The molecule has 2 N–H and O–H groups in total. The van der Waals surface area contributed by atoms with Crippen LogP contribution in [0.3, 0.4) is 0 Å². The number of rotatable bonds is 5. The van der Waals surface area contributed by atoms with Gasteiger partial charge < -0.3 is 5.32 Å². The lowest BCUT2D eigenvalue weighted by Crippen LogP contribution is -2.13. The Hall–Kier alpha value is -1.37. The van der Waals surface area contributed by atoms with Crippen molar-refractivity contribution in [2.45, 2.75) is 25.3 Å². The Kier molecular flexibility index (Phi) is 4.47. The largest absolute Gasteiger partial charge is 0.315 e. The molecule has 0 saturated carbocycles. The molecule has 2 aromatic rings. The summed E-state index contributed by atoms with van der Waals surface area (Å²) in [6.07, 6.45) is 0. The predicted octanol–water partition coefficient (Wildman–Crippen LogP) is 2.89. The molecule has 20 heavy (non-hydrogen) atoms. The lowest BCUT2D eigenvalue weighted by Gasteiger charge is -2.08. The van der Waals surface area contributed by atoms with Gasteiger partial charge in [-0.25, -0.2) is 8.42 Å². The summed E-state index contributed by atoms with van der Waals surface area (Å²) < 4.78 is 27.5. The summed E-state index contributed by atoms with van der Waals surface area (Å²) >= 11 is 1.50. The van der Waals surface area contributed by atoms with Crippen LogP contribution >= 0.6 is 11.3 Å². The molecule has 0 amide bonds. The van der Waals surface area contributed by atoms with E-state index < -0.39 is 10.0 Å². The van der Waals surface area contributed by atoms with Crippen molar-refractivity contribution in [1.82, 2.24) is 5.32 Å². The van der Waals surface area contributed by atoms with Gasteiger partial charge in [0.05, 0.1) is 0 Å². The fourth-order valence-corrected chi connectivity index (χ4v) is 4.67. The van der Waals surface area contributed by atoms with Gasteiger partial charge in [0, 0.05) is 22.0 Å². The molecule has 108 valence electrons. The molecule has 0 unspecified atom stereocenters. The maximum absolute atomic E-state index is 12.4. The maximum Gasteiger partial charge on any atom is 0.263 e. The zero-order valence-corrected chi connectivity index (χ0v) is 13.4. The van der Waals surface area contributed by atoms with E-state index in [4.69, 9.17) is 0 Å². The number of hydrogen-bond acceptors (Lipinski definition) is 4. The third-order valence-corrected chi connectivity index (χ3v) is 5.52. The minimum Gasteiger partial charge on any atom is -0.315 e. The Morgan fingerprint density at radius 1 is 1.20 bits per heavy atom. The highest BCUT2D eigenvalue weighted by Gasteiger charge is 2.19. The van der Waals surface area contributed by atoms with Crippen molar-refractivity contribution in [1.29, 1.82) is 0 Å². The second kappa shape index (κ2) is 5.95. The summed E-state index contributed by atoms with van der Waals surface area (Å²) in [7, 11) is -1.68. The van der Waals surface area contributed by atoms with E-state index in [-0.39, 0.29) is 0 Å². The van der Waals surface area contributed by atoms with Gasteiger partial charge >= 0.3 is 0 Å². The molecule has 6 heteroatoms. The normalized spacial score (nSPS) is 11.6. The van der Waals surface area contributed by atoms with Crippen LogP contribution in [-0.2, 0) is 16.6 Å². The summed E-state index contributed by atoms with van der Waals surface area (Å²) in [6, 6.07) is 9.06. The molecule has 4 nitrogen and oxygen atoms in total. The van der Waals surface area contributed by atoms with E-state index >= 15 is 0 Å². The highest BCUT2D eigenvalue weighted by atomic mass is 32.2. The second-order valence-electron chi connectivity index (χ2n) is 4.64. The van der Waals surface area contributed by atoms with Crippen molar-refractivity contribution >= 4 is 27.0 Å². The molecule has 0 aliphatic heterocycles. The highest BCUT2D eigenvalue weighted by molar-refractivity contribution is 7.93. The van der Waals surface area contributed by atoms with Gasteiger partial charge in [0.2, 0.25) is 0 Å². The number of thiophene rings is 1. The molecule has 1 heterocycles. The van der Waals surface area contributed by atoms with Crippen molar-refractivity contribution < 1.29 is 8.42 Å². The standard InChI is InChI=1S/C14H18N2O2S2/c1-10-5-4-6-12(7-10)16-20(17,18)14-8-13(9-15-3)19-11(14)2/h4-8,15-16H,9H2,1-3H3. The monoisotopic (exact) mass is 310 g/mol. The minimum atomic E-state index is -3.53. The fourth-order valence-electron chi connectivity index (χ4n) is 1.97. The van der Waals surface area contributed by atoms with Crippen LogP contribution in [0.15, 0.2) is 35.2 Å². The van der Waals surface area contributed by atoms with Crippen LogP contribution in [-0.4, -0.2) is 15.5 Å². The average Bonchev–Trinajstić information content (AvgIpc) is 2.71. The number of hydrogen-bond donors (Lipinski definition) is 2. The lowest BCUT2D eigenvalue weighted by molar-refractivity contribution is 0.601. The maximum atomic E-state index is 12.4. The molecule has 0 bridgehead atoms. The molecule has 0 saturated heterocycles. The van der Waals surface area contributed by atoms with E-state index in [2.05, 4.69) is 10.0 Å². The molecule has 1 aromatic heterocycles. The van der Waals surface area contributed by atoms with Gasteiger partial charge in [-0.2, -0.15) is 0 Å². The van der Waals surface area contributed by atoms with E-state index in [1.54, 1.807) is 12.1 Å². The molecule has 2 rings (SSSR count). The first kappa shape index (κ1) is 15.0. The molecule has 0 aliphatic rings. The number of aryl methyl sites for hydroxylation is 2. The van der Waals surface area contributed by atoms with Crippen LogP contribution in [0.4, 0.5) is 5.69 Å². The third-order valence-electron chi connectivity index (χ3n) is 2.83. The quantitative estimate of drug-likeness (QED) is 0.893. The zero-order valence-electron chi connectivity index (χ0n) is 11.7. The molecule has 0 aliphatic carbocycles. The van der Waals surface area contributed by atoms with Crippen LogP contribution in [0, 0.1) is 13.8 Å². The Labute approximate surface area is 123 Å². The molecule has 0 atom stereocenters. The molecule has 0 radical (unpaired) electrons. The SMILES string of the molecule is CNCc1cc(S(=O)(=O)Nc2cccc(C)c2)c(C)s1. The van der Waals surface area contributed by atoms with E-state index in [0.717, 1.165) is 15.3 Å². The van der Waals surface area contributed by atoms with E-state index in [9.17, 15) is 8.42 Å². The van der Waals surface area contributed by atoms with Crippen molar-refractivity contribution in [3.8, 4) is 0 Å². The third kappa shape index (κ3) is 3.39. The average molecular weight is 310 g/mol. The van der Waals surface area contributed by atoms with Crippen LogP contribution in [0.1, 0.15) is 15.3 Å². The van der Waals surface area contributed by atoms with Crippen molar-refractivity contribution in [3.05, 3.63) is 45.6 Å². The summed E-state index contributed by atoms with van der Waals surface area (Å²) in [6.45, 7) is 4.43. The van der Waals surface area contributed by atoms with Crippen LogP contribution in [0.5, 0.6) is 0 Å². The Morgan fingerprint density at radius 2 is 1.95 bits per heavy atom. The Balaban J connectivity index is 2.30. The molecule has 1 aromatic carbocycles. The number of sulfonamides is 1. The summed E-state index contributed by atoms with van der Waals surface area (Å²) in [4.78, 5) is 2.17. The van der Waals surface area contributed by atoms with Gasteiger partial charge in [0.15, 0.2) is 0 Å². The van der Waals surface area contributed by atoms with Crippen molar-refractivity contribution in [2.75, 3.05) is 11.8 Å². The first-order chi connectivity index (χ1) is 9.42. The number of anilines is 1. The van der Waals surface area contributed by atoms with Crippen LogP contribution in [0.25, 0.3) is 0 Å². The number of benzene rings is 1. The van der Waals surface area contributed by atoms with E-state index in [1.807, 2.05) is 39.1 Å². The van der Waals surface area contributed by atoms with Crippen molar-refractivity contribution in [2.24, 2.45) is 0 Å². The summed E-state index contributed by atoms with van der Waals surface area (Å²) in [5, 5.41) is 3.03. The molecular weight excluding hydrogens is 292 g/mol. The predicted molar refractivity (Wildman–Crippen MR) is 83.8 cm³/mol. The lowest BCUT2D eigenvalue weighted by atomic mass is 10.2. The zero-order chi connectivity index (χ0) is 14.8. The van der Waals surface area contributed by atoms with Gasteiger partial charge in [0.25, 0.3) is 10.0 Å². The van der Waals surface area contributed by atoms with Gasteiger partial charge in [-0.15, -0.1) is 11.3 Å². The van der Waals surface area contributed by atoms with Crippen LogP contribution < -0.4 is 10.0 Å². The number of nitrogens with one attached hydrogen (secondary N) is 2. The smallest absolute Gasteiger partial charge is 0.263 e. The van der Waals surface area contributed by atoms with Gasteiger partial charge in [0.1, 0.15) is 4.90 Å². The topological polar surface area (TPSA) is 58.2 Å². The summed E-state index contributed by atoms with van der Waals surface area (Å²) in [5.41, 5.74) is 1.61. The second-order valence-corrected chi connectivity index (χ2v) is 7.63. The highest BCUT2D eigenvalue weighted by Crippen LogP contribution is 2.27. The van der Waals surface area contributed by atoms with Crippen LogP contribution in [0.2, 0.25) is 0 Å². The molecular formula is C14H18N2O2S2. The Morgan fingerprint density at radius 3 is 2.60 bits per heavy atom. The van der Waals surface area contributed by atoms with Gasteiger partial charge in [-0.1, -0.05) is 12.1 Å². The first-order valence-electron chi connectivity index (χ1n) is 6.26. The summed E-state index contributed by atoms with van der Waals surface area (Å²) in [5.74, 6) is 0.